The number of nitrogens with zero attached hydrogens (tertiary/aromatic N) is 2. The number of aromatic nitrogens is 3. The van der Waals surface area contributed by atoms with Crippen LogP contribution in [0, 0.1) is 16.7 Å². The Bertz CT molecular complexity index is 2420. The molecule has 0 saturated carbocycles. The Hall–Kier alpha value is -4.32. The fourth-order valence-corrected chi connectivity index (χ4v) is 8.74. The normalized spacial score (nSPS) is 14.7. The molecular weight excluding hydrogens is 796 g/mol. The molecule has 0 amide bonds. The van der Waals surface area contributed by atoms with Crippen LogP contribution in [0.25, 0.3) is 21.8 Å². The van der Waals surface area contributed by atoms with Gasteiger partial charge in [0.15, 0.2) is 0 Å². The van der Waals surface area contributed by atoms with Gasteiger partial charge < -0.3 is 4.98 Å². The first-order chi connectivity index (χ1) is 29.3. The van der Waals surface area contributed by atoms with Crippen LogP contribution >= 0.6 is 0 Å². The lowest BCUT2D eigenvalue weighted by atomic mass is 9.77. The number of nitrogens with one attached hydrogen (secondary N) is 1. The number of hydrogen-bond donors (Lipinski definition) is 1. The number of fused-ring (bicyclic) bond motifs is 3. The fraction of sp³-hybridized carbons (Fsp3) is 0.534. The van der Waals surface area contributed by atoms with E-state index in [1.165, 1.54) is 63.5 Å². The molecule has 1 aliphatic carbocycles. The van der Waals surface area contributed by atoms with Gasteiger partial charge in [0.25, 0.3) is 0 Å². The molecule has 2 aromatic heterocycles. The van der Waals surface area contributed by atoms with E-state index in [2.05, 4.69) is 188 Å². The van der Waals surface area contributed by atoms with Crippen LogP contribution < -0.4 is 0 Å². The SMILES string of the molecule is CC(C)(C)c1ccc2c(c1)CCC2C(C)(C)C.CC(C)(C)c1cccc2[nH]ccc12.CC(C)Cc1ccc(C(F)(F)F)cc1CCC(C)(C)C.Cn1ncc2c(C(C)(C)C)cccc21. The number of halogens is 3. The molecule has 1 aliphatic rings. The maximum absolute atomic E-state index is 12.8. The molecule has 1 atom stereocenters. The van der Waals surface area contributed by atoms with Gasteiger partial charge in [0.05, 0.1) is 17.3 Å². The molecule has 6 heteroatoms. The zero-order chi connectivity index (χ0) is 48.2. The Balaban J connectivity index is 0.000000189. The van der Waals surface area contributed by atoms with Crippen molar-refractivity contribution in [3.8, 4) is 0 Å². The summed E-state index contributed by atoms with van der Waals surface area (Å²) in [4.78, 5) is 3.23. The van der Waals surface area contributed by atoms with E-state index in [0.29, 0.717) is 17.8 Å². The first-order valence-corrected chi connectivity index (χ1v) is 23.6. The van der Waals surface area contributed by atoms with Crippen molar-refractivity contribution < 1.29 is 13.2 Å². The van der Waals surface area contributed by atoms with Gasteiger partial charge in [-0.2, -0.15) is 18.3 Å². The average Bonchev–Trinajstić information content (AvgIpc) is 3.91. The number of aryl methyl sites for hydroxylation is 3. The molecule has 6 aromatic rings. The van der Waals surface area contributed by atoms with Gasteiger partial charge in [0.1, 0.15) is 0 Å². The molecule has 0 fully saturated rings. The third-order valence-electron chi connectivity index (χ3n) is 12.4. The molecular formula is C58H82F3N3. The standard InChI is InChI=1S/C17H25F3.C17H26.C12H16N2.C12H15N/c1-12(2)10-13-6-7-15(17(18,19)20)11-14(13)8-9-16(3,4)5;1-16(2,3)13-8-9-14-12(11-13)7-10-15(14)17(4,5)6;1-12(2,3)10-6-5-7-11-9(10)8-13-14(11)4;1-12(2,3)10-5-4-6-11-9(10)7-8-13-11/h6-7,11-12H,8-10H2,1-5H3;8-9,11,15H,7,10H2,1-6H3;5-8H,1-4H3;4-8,13H,1-3H3. The van der Waals surface area contributed by atoms with Crippen molar-refractivity contribution in [2.24, 2.45) is 23.8 Å². The highest BCUT2D eigenvalue weighted by atomic mass is 19.4. The van der Waals surface area contributed by atoms with Crippen molar-refractivity contribution in [3.05, 3.63) is 136 Å². The quantitative estimate of drug-likeness (QED) is 0.188. The summed E-state index contributed by atoms with van der Waals surface area (Å²) in [6.45, 7) is 37.9. The lowest BCUT2D eigenvalue weighted by molar-refractivity contribution is -0.137. The molecule has 0 aliphatic heterocycles. The van der Waals surface area contributed by atoms with Gasteiger partial charge in [-0.3, -0.25) is 4.68 Å². The van der Waals surface area contributed by atoms with Crippen LogP contribution in [-0.4, -0.2) is 14.8 Å². The highest BCUT2D eigenvalue weighted by molar-refractivity contribution is 5.84. The number of aromatic amines is 1. The van der Waals surface area contributed by atoms with Crippen molar-refractivity contribution >= 4 is 21.8 Å². The summed E-state index contributed by atoms with van der Waals surface area (Å²) in [7, 11) is 1.98. The molecule has 0 saturated heterocycles. The van der Waals surface area contributed by atoms with Crippen LogP contribution in [0.5, 0.6) is 0 Å². The highest BCUT2D eigenvalue weighted by Gasteiger charge is 2.33. The van der Waals surface area contributed by atoms with Gasteiger partial charge in [-0.1, -0.05) is 166 Å². The summed E-state index contributed by atoms with van der Waals surface area (Å²) < 4.78 is 40.4. The van der Waals surface area contributed by atoms with E-state index < -0.39 is 11.7 Å². The zero-order valence-corrected chi connectivity index (χ0v) is 42.9. The third kappa shape index (κ3) is 14.3. The Morgan fingerprint density at radius 1 is 0.672 bits per heavy atom. The first kappa shape index (κ1) is 52.3. The average molecular weight is 878 g/mol. The van der Waals surface area contributed by atoms with Crippen LogP contribution in [0.3, 0.4) is 0 Å². The minimum Gasteiger partial charge on any atom is -0.361 e. The van der Waals surface area contributed by atoms with Gasteiger partial charge in [-0.15, -0.1) is 0 Å². The predicted octanol–water partition coefficient (Wildman–Crippen LogP) is 17.3. The second-order valence-corrected chi connectivity index (χ2v) is 24.0. The molecule has 0 spiro atoms. The summed E-state index contributed by atoms with van der Waals surface area (Å²) in [6.07, 6.45) is 4.71. The second kappa shape index (κ2) is 20.0. The van der Waals surface area contributed by atoms with Gasteiger partial charge in [0.2, 0.25) is 0 Å². The van der Waals surface area contributed by atoms with E-state index in [9.17, 15) is 13.2 Å². The van der Waals surface area contributed by atoms with Crippen molar-refractivity contribution in [3.63, 3.8) is 0 Å². The molecule has 64 heavy (non-hydrogen) atoms. The molecule has 350 valence electrons. The van der Waals surface area contributed by atoms with Gasteiger partial charge in [0, 0.05) is 29.5 Å². The molecule has 7 rings (SSSR count). The number of hydrogen-bond acceptors (Lipinski definition) is 1. The van der Waals surface area contributed by atoms with Gasteiger partial charge >= 0.3 is 6.18 Å². The summed E-state index contributed by atoms with van der Waals surface area (Å²) in [5.74, 6) is 1.19. The summed E-state index contributed by atoms with van der Waals surface area (Å²) >= 11 is 0. The molecule has 4 aromatic carbocycles. The highest BCUT2D eigenvalue weighted by Crippen LogP contribution is 2.45. The van der Waals surface area contributed by atoms with E-state index in [-0.39, 0.29) is 21.7 Å². The maximum atomic E-state index is 12.8. The van der Waals surface area contributed by atoms with E-state index in [0.717, 1.165) is 29.9 Å². The number of benzene rings is 4. The molecule has 1 N–H and O–H groups in total. The minimum atomic E-state index is -4.26. The topological polar surface area (TPSA) is 33.6 Å². The lowest BCUT2D eigenvalue weighted by Crippen LogP contribution is -2.16. The fourth-order valence-electron chi connectivity index (χ4n) is 8.74. The minimum absolute atomic E-state index is 0.128. The molecule has 1 unspecified atom stereocenters. The van der Waals surface area contributed by atoms with E-state index in [1.54, 1.807) is 17.2 Å². The third-order valence-corrected chi connectivity index (χ3v) is 12.4. The van der Waals surface area contributed by atoms with Crippen molar-refractivity contribution in [1.82, 2.24) is 14.8 Å². The predicted molar refractivity (Wildman–Crippen MR) is 270 cm³/mol. The van der Waals surface area contributed by atoms with Crippen LogP contribution in [0.4, 0.5) is 13.2 Å². The molecule has 3 nitrogen and oxygen atoms in total. The van der Waals surface area contributed by atoms with Crippen LogP contribution in [0.15, 0.2) is 91.3 Å². The van der Waals surface area contributed by atoms with Crippen LogP contribution in [0.2, 0.25) is 0 Å². The summed E-state index contributed by atoms with van der Waals surface area (Å²) in [5.41, 5.74) is 12.5. The Labute approximate surface area is 386 Å². The van der Waals surface area contributed by atoms with Crippen molar-refractivity contribution in [2.45, 2.75) is 178 Å². The molecule has 2 heterocycles. The van der Waals surface area contributed by atoms with Gasteiger partial charge in [-0.25, -0.2) is 0 Å². The molecule has 0 radical (unpaired) electrons. The van der Waals surface area contributed by atoms with Crippen LogP contribution in [0.1, 0.15) is 181 Å². The number of alkyl halides is 3. The largest absolute Gasteiger partial charge is 0.416 e. The molecule has 0 bridgehead atoms. The first-order valence-electron chi connectivity index (χ1n) is 23.6. The number of H-pyrrole nitrogens is 1. The lowest BCUT2D eigenvalue weighted by Gasteiger charge is -2.28. The summed E-state index contributed by atoms with van der Waals surface area (Å²) in [6, 6.07) is 26.3. The smallest absolute Gasteiger partial charge is 0.361 e. The Morgan fingerprint density at radius 2 is 1.27 bits per heavy atom. The second-order valence-electron chi connectivity index (χ2n) is 24.0. The van der Waals surface area contributed by atoms with Crippen LogP contribution in [-0.2, 0) is 48.7 Å². The monoisotopic (exact) mass is 878 g/mol. The van der Waals surface area contributed by atoms with E-state index in [1.807, 2.05) is 24.1 Å². The Kier molecular flexibility index (Phi) is 16.4. The zero-order valence-electron chi connectivity index (χ0n) is 42.9. The van der Waals surface area contributed by atoms with E-state index >= 15 is 0 Å². The van der Waals surface area contributed by atoms with E-state index in [4.69, 9.17) is 0 Å². The maximum Gasteiger partial charge on any atom is 0.416 e. The summed E-state index contributed by atoms with van der Waals surface area (Å²) in [5, 5.41) is 6.90. The van der Waals surface area contributed by atoms with Gasteiger partial charge in [-0.05, 0) is 140 Å². The van der Waals surface area contributed by atoms with Crippen molar-refractivity contribution in [1.29, 1.82) is 0 Å². The number of rotatable bonds is 4. The van der Waals surface area contributed by atoms with Crippen molar-refractivity contribution in [2.75, 3.05) is 0 Å². The Morgan fingerprint density at radius 3 is 1.81 bits per heavy atom.